The van der Waals surface area contributed by atoms with Crippen LogP contribution < -0.4 is 11.3 Å². The summed E-state index contributed by atoms with van der Waals surface area (Å²) in [4.78, 5) is 14.1. The van der Waals surface area contributed by atoms with Gasteiger partial charge in [0.2, 0.25) is 5.91 Å². The van der Waals surface area contributed by atoms with E-state index in [4.69, 9.17) is 5.84 Å². The van der Waals surface area contributed by atoms with Gasteiger partial charge in [0.05, 0.1) is 5.41 Å². The van der Waals surface area contributed by atoms with Gasteiger partial charge in [-0.15, -0.1) is 0 Å². The zero-order valence-corrected chi connectivity index (χ0v) is 11.7. The molecule has 0 saturated carbocycles. The fourth-order valence-corrected chi connectivity index (χ4v) is 2.80. The molecule has 1 heterocycles. The summed E-state index contributed by atoms with van der Waals surface area (Å²) in [5.74, 6) is 5.71. The molecule has 1 unspecified atom stereocenters. The fourth-order valence-electron chi connectivity index (χ4n) is 2.80. The van der Waals surface area contributed by atoms with E-state index in [9.17, 15) is 4.79 Å². The van der Waals surface area contributed by atoms with E-state index in [-0.39, 0.29) is 5.91 Å². The highest BCUT2D eigenvalue weighted by Crippen LogP contribution is 2.29. The second-order valence-corrected chi connectivity index (χ2v) is 5.99. The number of likely N-dealkylation sites (tertiary alicyclic amines) is 1. The van der Waals surface area contributed by atoms with Crippen LogP contribution in [-0.2, 0) is 4.79 Å². The van der Waals surface area contributed by atoms with Crippen LogP contribution in [0.25, 0.3) is 0 Å². The van der Waals surface area contributed by atoms with Crippen molar-refractivity contribution in [3.8, 4) is 0 Å². The Labute approximate surface area is 114 Å². The van der Waals surface area contributed by atoms with Gasteiger partial charge in [-0.2, -0.15) is 0 Å². The highest BCUT2D eigenvalue weighted by Gasteiger charge is 2.33. The Balaban J connectivity index is 1.94. The summed E-state index contributed by atoms with van der Waals surface area (Å²) in [7, 11) is 0. The number of nitrogens with two attached hydrogens (primary N) is 1. The molecule has 4 nitrogen and oxygen atoms in total. The zero-order chi connectivity index (χ0) is 13.9. The summed E-state index contributed by atoms with van der Waals surface area (Å²) in [5.41, 5.74) is 3.21. The maximum absolute atomic E-state index is 11.7. The summed E-state index contributed by atoms with van der Waals surface area (Å²) >= 11 is 0. The number of benzene rings is 1. The maximum Gasteiger partial charge on any atom is 0.240 e. The van der Waals surface area contributed by atoms with E-state index in [1.54, 1.807) is 0 Å². The first kappa shape index (κ1) is 14.0. The molecule has 1 atom stereocenters. The van der Waals surface area contributed by atoms with Crippen molar-refractivity contribution in [3.63, 3.8) is 0 Å². The van der Waals surface area contributed by atoms with Crippen molar-refractivity contribution < 1.29 is 4.79 Å². The average molecular weight is 261 g/mol. The Morgan fingerprint density at radius 2 is 2.11 bits per heavy atom. The van der Waals surface area contributed by atoms with Gasteiger partial charge in [-0.25, -0.2) is 5.84 Å². The van der Waals surface area contributed by atoms with Crippen LogP contribution in [0.1, 0.15) is 31.7 Å². The van der Waals surface area contributed by atoms with E-state index in [2.05, 4.69) is 34.6 Å². The molecule has 2 rings (SSSR count). The number of hydrogen-bond acceptors (Lipinski definition) is 3. The second kappa shape index (κ2) is 5.72. The van der Waals surface area contributed by atoms with E-state index < -0.39 is 5.41 Å². The van der Waals surface area contributed by atoms with Crippen molar-refractivity contribution in [3.05, 3.63) is 35.9 Å². The smallest absolute Gasteiger partial charge is 0.240 e. The first-order chi connectivity index (χ1) is 9.03. The number of hydrogen-bond donors (Lipinski definition) is 2. The van der Waals surface area contributed by atoms with Gasteiger partial charge < -0.3 is 4.90 Å². The van der Waals surface area contributed by atoms with Crippen LogP contribution in [0.2, 0.25) is 0 Å². The normalized spacial score (nSPS) is 20.5. The standard InChI is InChI=1S/C15H23N3O/c1-15(2,14(19)17-16)11-18-9-8-13(10-18)12-6-4-3-5-7-12/h3-7,13H,8-11,16H2,1-2H3,(H,17,19). The molecule has 3 N–H and O–H groups in total. The van der Waals surface area contributed by atoms with Gasteiger partial charge in [-0.3, -0.25) is 10.2 Å². The lowest BCUT2D eigenvalue weighted by molar-refractivity contribution is -0.130. The van der Waals surface area contributed by atoms with Gasteiger partial charge >= 0.3 is 0 Å². The first-order valence-electron chi connectivity index (χ1n) is 6.81. The van der Waals surface area contributed by atoms with Gasteiger partial charge in [0.25, 0.3) is 0 Å². The van der Waals surface area contributed by atoms with Crippen molar-refractivity contribution in [2.75, 3.05) is 19.6 Å². The molecule has 1 aliphatic heterocycles. The topological polar surface area (TPSA) is 58.4 Å². The average Bonchev–Trinajstić information content (AvgIpc) is 2.86. The number of nitrogens with zero attached hydrogens (tertiary/aromatic N) is 1. The largest absolute Gasteiger partial charge is 0.302 e. The van der Waals surface area contributed by atoms with Crippen LogP contribution in [0, 0.1) is 5.41 Å². The van der Waals surface area contributed by atoms with Gasteiger partial charge in [0.1, 0.15) is 0 Å². The monoisotopic (exact) mass is 261 g/mol. The van der Waals surface area contributed by atoms with E-state index in [1.165, 1.54) is 5.56 Å². The summed E-state index contributed by atoms with van der Waals surface area (Å²) in [6.45, 7) is 6.68. The Hall–Kier alpha value is -1.39. The van der Waals surface area contributed by atoms with Crippen molar-refractivity contribution in [2.45, 2.75) is 26.2 Å². The minimum absolute atomic E-state index is 0.101. The molecule has 0 radical (unpaired) electrons. The molecule has 0 aliphatic carbocycles. The molecule has 1 aromatic carbocycles. The highest BCUT2D eigenvalue weighted by molar-refractivity contribution is 5.81. The molecule has 1 fully saturated rings. The number of rotatable bonds is 4. The fraction of sp³-hybridized carbons (Fsp3) is 0.533. The third kappa shape index (κ3) is 3.33. The van der Waals surface area contributed by atoms with Gasteiger partial charge in [-0.1, -0.05) is 30.3 Å². The number of amides is 1. The van der Waals surface area contributed by atoms with Crippen molar-refractivity contribution in [1.29, 1.82) is 0 Å². The predicted molar refractivity (Wildman–Crippen MR) is 76.4 cm³/mol. The maximum atomic E-state index is 11.7. The first-order valence-corrected chi connectivity index (χ1v) is 6.81. The van der Waals surface area contributed by atoms with Crippen molar-refractivity contribution in [1.82, 2.24) is 10.3 Å². The van der Waals surface area contributed by atoms with Gasteiger partial charge in [-0.05, 0) is 38.3 Å². The third-order valence-corrected chi connectivity index (χ3v) is 3.91. The SMILES string of the molecule is CC(C)(CN1CCC(c2ccccc2)C1)C(=O)NN. The van der Waals surface area contributed by atoms with Crippen LogP contribution >= 0.6 is 0 Å². The summed E-state index contributed by atoms with van der Waals surface area (Å²) in [6, 6.07) is 10.6. The molecule has 0 bridgehead atoms. The molecular formula is C15H23N3O. The van der Waals surface area contributed by atoms with E-state index >= 15 is 0 Å². The lowest BCUT2D eigenvalue weighted by Crippen LogP contribution is -2.46. The summed E-state index contributed by atoms with van der Waals surface area (Å²) in [6.07, 6.45) is 1.16. The molecule has 4 heteroatoms. The molecule has 0 spiro atoms. The quantitative estimate of drug-likeness (QED) is 0.490. The van der Waals surface area contributed by atoms with Crippen LogP contribution in [-0.4, -0.2) is 30.4 Å². The van der Waals surface area contributed by atoms with Crippen molar-refractivity contribution in [2.24, 2.45) is 11.3 Å². The Kier molecular flexibility index (Phi) is 4.22. The lowest BCUT2D eigenvalue weighted by atomic mass is 9.92. The molecule has 19 heavy (non-hydrogen) atoms. The highest BCUT2D eigenvalue weighted by atomic mass is 16.2. The predicted octanol–water partition coefficient (Wildman–Crippen LogP) is 1.49. The van der Waals surface area contributed by atoms with Gasteiger partial charge in [0.15, 0.2) is 0 Å². The molecule has 1 amide bonds. The minimum Gasteiger partial charge on any atom is -0.302 e. The Morgan fingerprint density at radius 1 is 1.42 bits per heavy atom. The van der Waals surface area contributed by atoms with Crippen LogP contribution in [0.3, 0.4) is 0 Å². The number of carbonyl (C=O) groups excluding carboxylic acids is 1. The molecule has 1 aromatic rings. The second-order valence-electron chi connectivity index (χ2n) is 5.99. The van der Waals surface area contributed by atoms with E-state index in [1.807, 2.05) is 19.9 Å². The third-order valence-electron chi connectivity index (χ3n) is 3.91. The molecule has 1 saturated heterocycles. The summed E-state index contributed by atoms with van der Waals surface area (Å²) in [5, 5.41) is 0. The van der Waals surface area contributed by atoms with Crippen LogP contribution in [0.5, 0.6) is 0 Å². The number of hydrazine groups is 1. The Morgan fingerprint density at radius 3 is 2.74 bits per heavy atom. The summed E-state index contributed by atoms with van der Waals surface area (Å²) < 4.78 is 0. The van der Waals surface area contributed by atoms with Crippen molar-refractivity contribution >= 4 is 5.91 Å². The van der Waals surface area contributed by atoms with E-state index in [0.717, 1.165) is 26.1 Å². The minimum atomic E-state index is -0.444. The number of nitrogens with one attached hydrogen (secondary N) is 1. The van der Waals surface area contributed by atoms with Gasteiger partial charge in [0, 0.05) is 13.1 Å². The number of carbonyl (C=O) groups is 1. The molecular weight excluding hydrogens is 238 g/mol. The van der Waals surface area contributed by atoms with Crippen LogP contribution in [0.4, 0.5) is 0 Å². The van der Waals surface area contributed by atoms with E-state index in [0.29, 0.717) is 5.92 Å². The van der Waals surface area contributed by atoms with Crippen LogP contribution in [0.15, 0.2) is 30.3 Å². The molecule has 1 aliphatic rings. The lowest BCUT2D eigenvalue weighted by Gasteiger charge is -2.28. The Bertz CT molecular complexity index is 430. The molecule has 0 aromatic heterocycles. The molecule has 104 valence electrons. The zero-order valence-electron chi connectivity index (χ0n) is 11.7.